The predicted octanol–water partition coefficient (Wildman–Crippen LogP) is 4.95. The molecule has 2 aromatic carbocycles. The Morgan fingerprint density at radius 2 is 1.81 bits per heavy atom. The molecule has 0 spiro atoms. The minimum absolute atomic E-state index is 0.0733. The van der Waals surface area contributed by atoms with Crippen LogP contribution >= 0.6 is 34.8 Å². The van der Waals surface area contributed by atoms with E-state index in [1.165, 1.54) is 4.90 Å². The van der Waals surface area contributed by atoms with Crippen molar-refractivity contribution in [3.8, 4) is 0 Å². The maximum absolute atomic E-state index is 12.7. The van der Waals surface area contributed by atoms with Gasteiger partial charge < -0.3 is 9.64 Å². The zero-order valence-electron chi connectivity index (χ0n) is 14.3. The molecule has 1 unspecified atom stereocenters. The average Bonchev–Trinajstić information content (AvgIpc) is 2.58. The summed E-state index contributed by atoms with van der Waals surface area (Å²) >= 11 is 17.9. The van der Waals surface area contributed by atoms with Crippen molar-refractivity contribution in [3.05, 3.63) is 68.7 Å². The van der Waals surface area contributed by atoms with Gasteiger partial charge in [0.15, 0.2) is 6.04 Å². The molecule has 0 N–H and O–H groups in total. The zero-order chi connectivity index (χ0) is 19.3. The molecule has 138 valence electrons. The maximum Gasteiger partial charge on any atom is 0.333 e. The van der Waals surface area contributed by atoms with Gasteiger partial charge in [-0.25, -0.2) is 4.79 Å². The lowest BCUT2D eigenvalue weighted by atomic mass is 10.0. The Balaban J connectivity index is 2.26. The SMILES string of the molecule is CCOC(=O)C(c1cccc(Cl)c1)N(C)C(=O)Cc1ccc(Cl)c(Cl)c1. The number of hydrogen-bond acceptors (Lipinski definition) is 3. The molecule has 2 aromatic rings. The maximum atomic E-state index is 12.7. The molecule has 2 rings (SSSR count). The third kappa shape index (κ3) is 5.13. The normalized spacial score (nSPS) is 11.7. The van der Waals surface area contributed by atoms with E-state index in [-0.39, 0.29) is 18.9 Å². The summed E-state index contributed by atoms with van der Waals surface area (Å²) in [5, 5.41) is 1.26. The molecule has 7 heteroatoms. The van der Waals surface area contributed by atoms with E-state index >= 15 is 0 Å². The van der Waals surface area contributed by atoms with Crippen LogP contribution in [0.1, 0.15) is 24.1 Å². The van der Waals surface area contributed by atoms with Crippen molar-refractivity contribution in [2.45, 2.75) is 19.4 Å². The molecule has 26 heavy (non-hydrogen) atoms. The van der Waals surface area contributed by atoms with Crippen LogP contribution in [-0.2, 0) is 20.7 Å². The standard InChI is InChI=1S/C19H18Cl3NO3/c1-3-26-19(25)18(13-5-4-6-14(20)11-13)23(2)17(24)10-12-7-8-15(21)16(22)9-12/h4-9,11,18H,3,10H2,1-2H3. The molecule has 0 saturated carbocycles. The number of nitrogens with zero attached hydrogens (tertiary/aromatic N) is 1. The lowest BCUT2D eigenvalue weighted by Crippen LogP contribution is -2.37. The van der Waals surface area contributed by atoms with Crippen LogP contribution in [-0.4, -0.2) is 30.4 Å². The second kappa shape index (κ2) is 9.26. The number of benzene rings is 2. The molecule has 0 radical (unpaired) electrons. The highest BCUT2D eigenvalue weighted by Gasteiger charge is 2.30. The Kier molecular flexibility index (Phi) is 7.33. The van der Waals surface area contributed by atoms with Crippen LogP contribution in [0.15, 0.2) is 42.5 Å². The van der Waals surface area contributed by atoms with E-state index in [0.29, 0.717) is 26.2 Å². The first-order chi connectivity index (χ1) is 12.3. The summed E-state index contributed by atoms with van der Waals surface area (Å²) in [5.41, 5.74) is 1.28. The van der Waals surface area contributed by atoms with Gasteiger partial charge in [0.25, 0.3) is 0 Å². The fourth-order valence-electron chi connectivity index (χ4n) is 2.51. The van der Waals surface area contributed by atoms with Crippen LogP contribution in [0.2, 0.25) is 15.1 Å². The Hall–Kier alpha value is -1.75. The fourth-order valence-corrected chi connectivity index (χ4v) is 3.03. The van der Waals surface area contributed by atoms with Gasteiger partial charge in [0.1, 0.15) is 0 Å². The molecule has 0 aliphatic heterocycles. The van der Waals surface area contributed by atoms with Gasteiger partial charge in [-0.2, -0.15) is 0 Å². The summed E-state index contributed by atoms with van der Waals surface area (Å²) in [4.78, 5) is 26.5. The number of likely N-dealkylation sites (N-methyl/N-ethyl adjacent to an activating group) is 1. The Bertz CT molecular complexity index is 810. The van der Waals surface area contributed by atoms with Gasteiger partial charge >= 0.3 is 5.97 Å². The van der Waals surface area contributed by atoms with E-state index in [9.17, 15) is 9.59 Å². The molecule has 0 aliphatic carbocycles. The number of esters is 1. The van der Waals surface area contributed by atoms with Gasteiger partial charge in [0, 0.05) is 12.1 Å². The van der Waals surface area contributed by atoms with E-state index in [2.05, 4.69) is 0 Å². The highest BCUT2D eigenvalue weighted by atomic mass is 35.5. The van der Waals surface area contributed by atoms with Crippen LogP contribution in [0.25, 0.3) is 0 Å². The molecule has 0 fully saturated rings. The van der Waals surface area contributed by atoms with Gasteiger partial charge in [0.2, 0.25) is 5.91 Å². The molecule has 1 amide bonds. The summed E-state index contributed by atoms with van der Waals surface area (Å²) in [7, 11) is 1.56. The van der Waals surface area contributed by atoms with Crippen molar-refractivity contribution < 1.29 is 14.3 Å². The van der Waals surface area contributed by atoms with Gasteiger partial charge in [-0.15, -0.1) is 0 Å². The van der Waals surface area contributed by atoms with Crippen molar-refractivity contribution in [2.24, 2.45) is 0 Å². The van der Waals surface area contributed by atoms with Crippen LogP contribution in [0.3, 0.4) is 0 Å². The topological polar surface area (TPSA) is 46.6 Å². The second-order valence-electron chi connectivity index (χ2n) is 5.64. The number of carbonyl (C=O) groups excluding carboxylic acids is 2. The van der Waals surface area contributed by atoms with Crippen LogP contribution in [0.5, 0.6) is 0 Å². The van der Waals surface area contributed by atoms with Gasteiger partial charge in [-0.3, -0.25) is 4.79 Å². The van der Waals surface area contributed by atoms with Crippen LogP contribution in [0.4, 0.5) is 0 Å². The molecule has 1 atom stereocenters. The smallest absolute Gasteiger partial charge is 0.333 e. The van der Waals surface area contributed by atoms with E-state index in [4.69, 9.17) is 39.5 Å². The quantitative estimate of drug-likeness (QED) is 0.628. The number of rotatable bonds is 6. The molecule has 0 saturated heterocycles. The average molecular weight is 415 g/mol. The Morgan fingerprint density at radius 1 is 1.08 bits per heavy atom. The highest BCUT2D eigenvalue weighted by molar-refractivity contribution is 6.42. The summed E-state index contributed by atoms with van der Waals surface area (Å²) in [6.45, 7) is 1.93. The fraction of sp³-hybridized carbons (Fsp3) is 0.263. The lowest BCUT2D eigenvalue weighted by molar-refractivity contribution is -0.154. The first-order valence-corrected chi connectivity index (χ1v) is 9.08. The van der Waals surface area contributed by atoms with Gasteiger partial charge in [-0.05, 0) is 42.3 Å². The number of amides is 1. The first-order valence-electron chi connectivity index (χ1n) is 7.95. The first kappa shape index (κ1) is 20.6. The van der Waals surface area contributed by atoms with Crippen molar-refractivity contribution in [1.82, 2.24) is 4.90 Å². The molecule has 4 nitrogen and oxygen atoms in total. The van der Waals surface area contributed by atoms with Crippen molar-refractivity contribution in [1.29, 1.82) is 0 Å². The second-order valence-corrected chi connectivity index (χ2v) is 6.89. The molecule has 0 heterocycles. The summed E-state index contributed by atoms with van der Waals surface area (Å²) in [6.07, 6.45) is 0.0733. The number of halogens is 3. The third-order valence-electron chi connectivity index (χ3n) is 3.79. The van der Waals surface area contributed by atoms with Crippen molar-refractivity contribution in [2.75, 3.05) is 13.7 Å². The summed E-state index contributed by atoms with van der Waals surface area (Å²) < 4.78 is 5.14. The zero-order valence-corrected chi connectivity index (χ0v) is 16.6. The number of hydrogen-bond donors (Lipinski definition) is 0. The van der Waals surface area contributed by atoms with Crippen LogP contribution in [0, 0.1) is 0 Å². The van der Waals surface area contributed by atoms with E-state index in [1.807, 2.05) is 0 Å². The molecular formula is C19H18Cl3NO3. The largest absolute Gasteiger partial charge is 0.464 e. The van der Waals surface area contributed by atoms with E-state index < -0.39 is 12.0 Å². The lowest BCUT2D eigenvalue weighted by Gasteiger charge is -2.27. The minimum atomic E-state index is -0.885. The summed E-state index contributed by atoms with van der Waals surface area (Å²) in [5.74, 6) is -0.777. The number of carbonyl (C=O) groups is 2. The van der Waals surface area contributed by atoms with Crippen molar-refractivity contribution in [3.63, 3.8) is 0 Å². The Morgan fingerprint density at radius 3 is 2.42 bits per heavy atom. The Labute approximate surface area is 167 Å². The predicted molar refractivity (Wildman–Crippen MR) is 104 cm³/mol. The molecule has 0 aliphatic rings. The monoisotopic (exact) mass is 413 g/mol. The molecule has 0 bridgehead atoms. The van der Waals surface area contributed by atoms with Gasteiger partial charge in [-0.1, -0.05) is 53.0 Å². The van der Waals surface area contributed by atoms with E-state index in [0.717, 1.165) is 0 Å². The minimum Gasteiger partial charge on any atom is -0.464 e. The summed E-state index contributed by atoms with van der Waals surface area (Å²) in [6, 6.07) is 10.9. The number of ether oxygens (including phenoxy) is 1. The van der Waals surface area contributed by atoms with Crippen molar-refractivity contribution >= 4 is 46.7 Å². The highest BCUT2D eigenvalue weighted by Crippen LogP contribution is 2.26. The van der Waals surface area contributed by atoms with E-state index in [1.54, 1.807) is 56.4 Å². The third-order valence-corrected chi connectivity index (χ3v) is 4.77. The van der Waals surface area contributed by atoms with Gasteiger partial charge in [0.05, 0.1) is 23.1 Å². The molecule has 0 aromatic heterocycles. The molecular weight excluding hydrogens is 397 g/mol. The van der Waals surface area contributed by atoms with Crippen LogP contribution < -0.4 is 0 Å².